The van der Waals surface area contributed by atoms with Gasteiger partial charge >= 0.3 is 6.18 Å². The molecule has 1 aliphatic heterocycles. The SMILES string of the molecule is COC1(Cc2cc(C(F)(F)F)ccc2Cl)CNC1. The summed E-state index contributed by atoms with van der Waals surface area (Å²) in [5.41, 5.74) is -0.649. The lowest BCUT2D eigenvalue weighted by Crippen LogP contribution is -2.61. The summed E-state index contributed by atoms with van der Waals surface area (Å²) in [4.78, 5) is 0. The van der Waals surface area contributed by atoms with E-state index in [1.807, 2.05) is 0 Å². The normalized spacial score (nSPS) is 18.5. The third-order valence-electron chi connectivity index (χ3n) is 3.21. The zero-order chi connectivity index (χ0) is 13.4. The van der Waals surface area contributed by atoms with Crippen molar-refractivity contribution in [3.63, 3.8) is 0 Å². The molecular formula is C12H13ClF3NO. The second-order valence-electron chi connectivity index (χ2n) is 4.47. The highest BCUT2D eigenvalue weighted by Gasteiger charge is 2.38. The molecule has 0 aromatic heterocycles. The molecule has 0 radical (unpaired) electrons. The van der Waals surface area contributed by atoms with Crippen LogP contribution in [0.4, 0.5) is 13.2 Å². The zero-order valence-electron chi connectivity index (χ0n) is 9.77. The van der Waals surface area contributed by atoms with Gasteiger partial charge in [0.15, 0.2) is 0 Å². The molecule has 18 heavy (non-hydrogen) atoms. The standard InChI is InChI=1S/C12H13ClF3NO/c1-18-11(6-17-7-11)5-8-4-9(12(14,15)16)2-3-10(8)13/h2-4,17H,5-7H2,1H3. The molecule has 1 heterocycles. The summed E-state index contributed by atoms with van der Waals surface area (Å²) in [7, 11) is 1.56. The van der Waals surface area contributed by atoms with E-state index in [0.29, 0.717) is 30.1 Å². The quantitative estimate of drug-likeness (QED) is 0.919. The number of hydrogen-bond acceptors (Lipinski definition) is 2. The molecule has 100 valence electrons. The summed E-state index contributed by atoms with van der Waals surface area (Å²) in [5, 5.41) is 3.39. The van der Waals surface area contributed by atoms with Crippen molar-refractivity contribution in [2.45, 2.75) is 18.2 Å². The smallest absolute Gasteiger partial charge is 0.375 e. The molecule has 0 aliphatic carbocycles. The van der Waals surface area contributed by atoms with Crippen LogP contribution in [-0.2, 0) is 17.3 Å². The first-order valence-corrected chi connectivity index (χ1v) is 5.86. The van der Waals surface area contributed by atoms with E-state index in [4.69, 9.17) is 16.3 Å². The summed E-state index contributed by atoms with van der Waals surface area (Å²) in [6.45, 7) is 1.24. The third kappa shape index (κ3) is 2.63. The van der Waals surface area contributed by atoms with E-state index in [1.165, 1.54) is 6.07 Å². The van der Waals surface area contributed by atoms with E-state index in [0.717, 1.165) is 12.1 Å². The molecular weight excluding hydrogens is 267 g/mol. The Morgan fingerprint density at radius 1 is 1.39 bits per heavy atom. The van der Waals surface area contributed by atoms with Gasteiger partial charge in [0.25, 0.3) is 0 Å². The van der Waals surface area contributed by atoms with Crippen molar-refractivity contribution in [3.8, 4) is 0 Å². The Bertz CT molecular complexity index is 438. The van der Waals surface area contributed by atoms with Crippen LogP contribution in [0.2, 0.25) is 5.02 Å². The van der Waals surface area contributed by atoms with Gasteiger partial charge in [0, 0.05) is 31.6 Å². The fourth-order valence-corrected chi connectivity index (χ4v) is 2.16. The second kappa shape index (κ2) is 4.72. The number of rotatable bonds is 3. The van der Waals surface area contributed by atoms with Gasteiger partial charge in [0.05, 0.1) is 11.2 Å². The highest BCUT2D eigenvalue weighted by Crippen LogP contribution is 2.33. The number of nitrogens with one attached hydrogen (secondary N) is 1. The first kappa shape index (κ1) is 13.6. The van der Waals surface area contributed by atoms with Gasteiger partial charge in [0.2, 0.25) is 0 Å². The Hall–Kier alpha value is -0.780. The maximum atomic E-state index is 12.6. The molecule has 1 N–H and O–H groups in total. The number of methoxy groups -OCH3 is 1. The Morgan fingerprint density at radius 3 is 2.50 bits per heavy atom. The monoisotopic (exact) mass is 279 g/mol. The largest absolute Gasteiger partial charge is 0.416 e. The van der Waals surface area contributed by atoms with E-state index >= 15 is 0 Å². The minimum Gasteiger partial charge on any atom is -0.375 e. The topological polar surface area (TPSA) is 21.3 Å². The third-order valence-corrected chi connectivity index (χ3v) is 3.58. The zero-order valence-corrected chi connectivity index (χ0v) is 10.5. The van der Waals surface area contributed by atoms with Crippen LogP contribution in [0.3, 0.4) is 0 Å². The maximum Gasteiger partial charge on any atom is 0.416 e. The highest BCUT2D eigenvalue weighted by atomic mass is 35.5. The van der Waals surface area contributed by atoms with Crippen molar-refractivity contribution in [3.05, 3.63) is 34.3 Å². The fourth-order valence-electron chi connectivity index (χ4n) is 1.98. The molecule has 2 nitrogen and oxygen atoms in total. The van der Waals surface area contributed by atoms with Crippen LogP contribution < -0.4 is 5.32 Å². The number of ether oxygens (including phenoxy) is 1. The van der Waals surface area contributed by atoms with Crippen LogP contribution in [-0.4, -0.2) is 25.8 Å². The van der Waals surface area contributed by atoms with E-state index in [2.05, 4.69) is 5.32 Å². The molecule has 1 aromatic carbocycles. The van der Waals surface area contributed by atoms with Gasteiger partial charge in [-0.1, -0.05) is 11.6 Å². The lowest BCUT2D eigenvalue weighted by Gasteiger charge is -2.41. The Kier molecular flexibility index (Phi) is 3.58. The molecule has 6 heteroatoms. The molecule has 0 spiro atoms. The van der Waals surface area contributed by atoms with Crippen LogP contribution in [0.25, 0.3) is 0 Å². The number of benzene rings is 1. The van der Waals surface area contributed by atoms with Crippen LogP contribution in [0.15, 0.2) is 18.2 Å². The Balaban J connectivity index is 2.27. The average Bonchev–Trinajstić information content (AvgIpc) is 2.24. The van der Waals surface area contributed by atoms with Gasteiger partial charge < -0.3 is 10.1 Å². The fraction of sp³-hybridized carbons (Fsp3) is 0.500. The molecule has 2 rings (SSSR count). The van der Waals surface area contributed by atoms with Crippen molar-refractivity contribution in [2.75, 3.05) is 20.2 Å². The van der Waals surface area contributed by atoms with Crippen LogP contribution >= 0.6 is 11.6 Å². The van der Waals surface area contributed by atoms with Gasteiger partial charge in [-0.05, 0) is 23.8 Å². The maximum absolute atomic E-state index is 12.6. The average molecular weight is 280 g/mol. The molecule has 0 atom stereocenters. The number of halogens is 4. The minimum atomic E-state index is -4.35. The van der Waals surface area contributed by atoms with Crippen LogP contribution in [0.1, 0.15) is 11.1 Å². The molecule has 0 unspecified atom stereocenters. The summed E-state index contributed by atoms with van der Waals surface area (Å²) in [5.74, 6) is 0. The van der Waals surface area contributed by atoms with Crippen molar-refractivity contribution < 1.29 is 17.9 Å². The van der Waals surface area contributed by atoms with E-state index in [1.54, 1.807) is 7.11 Å². The van der Waals surface area contributed by atoms with Gasteiger partial charge in [0.1, 0.15) is 0 Å². The summed E-state index contributed by atoms with van der Waals surface area (Å²) in [6, 6.07) is 3.38. The van der Waals surface area contributed by atoms with Crippen molar-refractivity contribution in [1.29, 1.82) is 0 Å². The molecule has 1 fully saturated rings. The van der Waals surface area contributed by atoms with Gasteiger partial charge in [-0.2, -0.15) is 13.2 Å². The lowest BCUT2D eigenvalue weighted by atomic mass is 9.88. The predicted molar refractivity (Wildman–Crippen MR) is 62.8 cm³/mol. The van der Waals surface area contributed by atoms with E-state index < -0.39 is 17.3 Å². The van der Waals surface area contributed by atoms with Crippen molar-refractivity contribution in [1.82, 2.24) is 5.32 Å². The van der Waals surface area contributed by atoms with Gasteiger partial charge in [-0.3, -0.25) is 0 Å². The summed E-state index contributed by atoms with van der Waals surface area (Å²) >= 11 is 5.95. The van der Waals surface area contributed by atoms with E-state index in [9.17, 15) is 13.2 Å². The molecule has 1 saturated heterocycles. The summed E-state index contributed by atoms with van der Waals surface area (Å²) in [6.07, 6.45) is -3.98. The predicted octanol–water partition coefficient (Wildman–Crippen LogP) is 2.89. The molecule has 1 aliphatic rings. The highest BCUT2D eigenvalue weighted by molar-refractivity contribution is 6.31. The summed E-state index contributed by atoms with van der Waals surface area (Å²) < 4.78 is 43.2. The van der Waals surface area contributed by atoms with Crippen molar-refractivity contribution in [2.24, 2.45) is 0 Å². The Labute approximate surface area is 108 Å². The molecule has 0 bridgehead atoms. The molecule has 0 amide bonds. The Morgan fingerprint density at radius 2 is 2.06 bits per heavy atom. The lowest BCUT2D eigenvalue weighted by molar-refractivity contribution is -0.137. The van der Waals surface area contributed by atoms with Crippen LogP contribution in [0, 0.1) is 0 Å². The number of hydrogen-bond donors (Lipinski definition) is 1. The molecule has 1 aromatic rings. The number of alkyl halides is 3. The van der Waals surface area contributed by atoms with Crippen molar-refractivity contribution >= 4 is 11.6 Å². The first-order chi connectivity index (χ1) is 8.36. The van der Waals surface area contributed by atoms with E-state index in [-0.39, 0.29) is 0 Å². The van der Waals surface area contributed by atoms with Crippen LogP contribution in [0.5, 0.6) is 0 Å². The minimum absolute atomic E-state index is 0.339. The second-order valence-corrected chi connectivity index (χ2v) is 4.88. The molecule has 0 saturated carbocycles. The first-order valence-electron chi connectivity index (χ1n) is 5.48. The van der Waals surface area contributed by atoms with Gasteiger partial charge in [-0.25, -0.2) is 0 Å². The van der Waals surface area contributed by atoms with Gasteiger partial charge in [-0.15, -0.1) is 0 Å².